The van der Waals surface area contributed by atoms with Crippen LogP contribution in [0.1, 0.15) is 44.9 Å². The third kappa shape index (κ3) is 5.16. The number of likely N-dealkylation sites (tertiary alicyclic amines) is 1. The fraction of sp³-hybridized carbons (Fsp3) is 0.947. The number of rotatable bonds is 6. The van der Waals surface area contributed by atoms with E-state index in [1.807, 2.05) is 7.05 Å². The Morgan fingerprint density at radius 1 is 1.12 bits per heavy atom. The fourth-order valence-electron chi connectivity index (χ4n) is 4.81. The van der Waals surface area contributed by atoms with E-state index in [4.69, 9.17) is 4.74 Å². The molecule has 3 aliphatic rings. The molecule has 6 nitrogen and oxygen atoms in total. The highest BCUT2D eigenvalue weighted by molar-refractivity contribution is 5.78. The molecule has 2 N–H and O–H groups in total. The summed E-state index contributed by atoms with van der Waals surface area (Å²) in [4.78, 5) is 17.4. The predicted molar refractivity (Wildman–Crippen MR) is 99.7 cm³/mol. The standard InChI is InChI=1S/C19H36N4O2/c1-20-17-6-5-9-22(14-17)15-18(24)21-16-19(7-3-2-4-8-19)23-10-12-25-13-11-23/h17,20H,2-16H2,1H3,(H,21,24). The average Bonchev–Trinajstić information content (AvgIpc) is 2.68. The lowest BCUT2D eigenvalue weighted by Crippen LogP contribution is -2.60. The van der Waals surface area contributed by atoms with E-state index in [0.29, 0.717) is 12.6 Å². The van der Waals surface area contributed by atoms with Crippen LogP contribution in [0, 0.1) is 0 Å². The Labute approximate surface area is 152 Å². The second-order valence-corrected chi connectivity index (χ2v) is 8.02. The first-order valence-corrected chi connectivity index (χ1v) is 10.2. The Morgan fingerprint density at radius 2 is 1.88 bits per heavy atom. The van der Waals surface area contributed by atoms with Crippen molar-refractivity contribution in [3.63, 3.8) is 0 Å². The maximum absolute atomic E-state index is 12.6. The zero-order valence-electron chi connectivity index (χ0n) is 15.9. The molecule has 6 heteroatoms. The molecule has 25 heavy (non-hydrogen) atoms. The minimum atomic E-state index is 0.160. The number of carbonyl (C=O) groups is 1. The minimum absolute atomic E-state index is 0.160. The Balaban J connectivity index is 1.51. The number of ether oxygens (including phenoxy) is 1. The molecule has 1 saturated carbocycles. The Kier molecular flexibility index (Phi) is 7.10. The van der Waals surface area contributed by atoms with Gasteiger partial charge in [-0.05, 0) is 39.3 Å². The molecule has 2 heterocycles. The molecule has 1 atom stereocenters. The first-order valence-electron chi connectivity index (χ1n) is 10.2. The Morgan fingerprint density at radius 3 is 2.60 bits per heavy atom. The van der Waals surface area contributed by atoms with Gasteiger partial charge < -0.3 is 15.4 Å². The molecule has 1 unspecified atom stereocenters. The van der Waals surface area contributed by atoms with Crippen molar-refractivity contribution < 1.29 is 9.53 Å². The number of likely N-dealkylation sites (N-methyl/N-ethyl adjacent to an activating group) is 1. The van der Waals surface area contributed by atoms with Crippen LogP contribution < -0.4 is 10.6 Å². The van der Waals surface area contributed by atoms with Crippen molar-refractivity contribution >= 4 is 5.91 Å². The van der Waals surface area contributed by atoms with Crippen molar-refractivity contribution in [2.45, 2.75) is 56.5 Å². The van der Waals surface area contributed by atoms with E-state index in [1.165, 1.54) is 44.9 Å². The minimum Gasteiger partial charge on any atom is -0.379 e. The third-order valence-electron chi connectivity index (χ3n) is 6.36. The highest BCUT2D eigenvalue weighted by Crippen LogP contribution is 2.33. The van der Waals surface area contributed by atoms with Crippen molar-refractivity contribution in [1.29, 1.82) is 0 Å². The topological polar surface area (TPSA) is 56.8 Å². The molecular weight excluding hydrogens is 316 g/mol. The molecule has 0 aromatic carbocycles. The van der Waals surface area contributed by atoms with Crippen LogP contribution in [-0.2, 0) is 9.53 Å². The van der Waals surface area contributed by atoms with Crippen LogP contribution in [0.4, 0.5) is 0 Å². The molecule has 2 aliphatic heterocycles. The number of carbonyl (C=O) groups excluding carboxylic acids is 1. The van der Waals surface area contributed by atoms with Gasteiger partial charge in [-0.25, -0.2) is 0 Å². The lowest BCUT2D eigenvalue weighted by atomic mass is 9.79. The SMILES string of the molecule is CNC1CCCN(CC(=O)NCC2(N3CCOCC3)CCCCC2)C1. The number of piperidine rings is 1. The molecule has 2 saturated heterocycles. The summed E-state index contributed by atoms with van der Waals surface area (Å²) < 4.78 is 5.54. The summed E-state index contributed by atoms with van der Waals surface area (Å²) in [5.74, 6) is 0.190. The van der Waals surface area contributed by atoms with Crippen LogP contribution in [0.15, 0.2) is 0 Å². The lowest BCUT2D eigenvalue weighted by molar-refractivity contribution is -0.123. The highest BCUT2D eigenvalue weighted by Gasteiger charge is 2.38. The quantitative estimate of drug-likeness (QED) is 0.741. The summed E-state index contributed by atoms with van der Waals surface area (Å²) in [5, 5.41) is 6.64. The van der Waals surface area contributed by atoms with Gasteiger partial charge in [-0.3, -0.25) is 14.6 Å². The molecule has 0 radical (unpaired) electrons. The molecule has 3 rings (SSSR count). The molecule has 1 aliphatic carbocycles. The summed E-state index contributed by atoms with van der Waals surface area (Å²) in [7, 11) is 2.02. The predicted octanol–water partition coefficient (Wildman–Crippen LogP) is 0.822. The van der Waals surface area contributed by atoms with Crippen LogP contribution in [0.3, 0.4) is 0 Å². The number of nitrogens with zero attached hydrogens (tertiary/aromatic N) is 2. The van der Waals surface area contributed by atoms with Gasteiger partial charge in [0.1, 0.15) is 0 Å². The third-order valence-corrected chi connectivity index (χ3v) is 6.36. The maximum atomic E-state index is 12.6. The van der Waals surface area contributed by atoms with Gasteiger partial charge in [-0.2, -0.15) is 0 Å². The highest BCUT2D eigenvalue weighted by atomic mass is 16.5. The molecule has 3 fully saturated rings. The molecule has 0 spiro atoms. The Bertz CT molecular complexity index is 420. The molecule has 0 bridgehead atoms. The van der Waals surface area contributed by atoms with Gasteiger partial charge in [0.2, 0.25) is 5.91 Å². The van der Waals surface area contributed by atoms with Crippen LogP contribution in [0.25, 0.3) is 0 Å². The zero-order valence-corrected chi connectivity index (χ0v) is 15.9. The van der Waals surface area contributed by atoms with E-state index < -0.39 is 0 Å². The van der Waals surface area contributed by atoms with Crippen molar-refractivity contribution in [3.05, 3.63) is 0 Å². The summed E-state index contributed by atoms with van der Waals surface area (Å²) in [6, 6.07) is 0.527. The van der Waals surface area contributed by atoms with Crippen molar-refractivity contribution in [1.82, 2.24) is 20.4 Å². The number of amides is 1. The summed E-state index contributed by atoms with van der Waals surface area (Å²) in [6.07, 6.45) is 8.70. The average molecular weight is 353 g/mol. The molecular formula is C19H36N4O2. The first kappa shape index (κ1) is 19.1. The van der Waals surface area contributed by atoms with Gasteiger partial charge >= 0.3 is 0 Å². The van der Waals surface area contributed by atoms with Crippen LogP contribution in [0.2, 0.25) is 0 Å². The van der Waals surface area contributed by atoms with Crippen molar-refractivity contribution in [3.8, 4) is 0 Å². The number of hydrogen-bond donors (Lipinski definition) is 2. The van der Waals surface area contributed by atoms with Crippen molar-refractivity contribution in [2.75, 3.05) is 59.5 Å². The van der Waals surface area contributed by atoms with Crippen molar-refractivity contribution in [2.24, 2.45) is 0 Å². The van der Waals surface area contributed by atoms with Gasteiger partial charge in [-0.15, -0.1) is 0 Å². The van der Waals surface area contributed by atoms with Gasteiger partial charge in [-0.1, -0.05) is 19.3 Å². The summed E-state index contributed by atoms with van der Waals surface area (Å²) in [6.45, 7) is 7.03. The number of morpholine rings is 1. The molecule has 0 aromatic heterocycles. The van der Waals surface area contributed by atoms with Gasteiger partial charge in [0.25, 0.3) is 0 Å². The number of hydrogen-bond acceptors (Lipinski definition) is 5. The summed E-state index contributed by atoms with van der Waals surface area (Å²) in [5.41, 5.74) is 0.160. The van der Waals surface area contributed by atoms with E-state index in [9.17, 15) is 4.79 Å². The number of nitrogens with one attached hydrogen (secondary N) is 2. The molecule has 144 valence electrons. The van der Waals surface area contributed by atoms with Crippen LogP contribution in [-0.4, -0.2) is 86.8 Å². The van der Waals surface area contributed by atoms with Gasteiger partial charge in [0.05, 0.1) is 19.8 Å². The maximum Gasteiger partial charge on any atom is 0.234 e. The lowest BCUT2D eigenvalue weighted by Gasteiger charge is -2.48. The molecule has 1 amide bonds. The Hall–Kier alpha value is -0.690. The van der Waals surface area contributed by atoms with Gasteiger partial charge in [0, 0.05) is 37.8 Å². The largest absolute Gasteiger partial charge is 0.379 e. The van der Waals surface area contributed by atoms with Crippen LogP contribution >= 0.6 is 0 Å². The zero-order chi connectivity index (χ0) is 17.5. The van der Waals surface area contributed by atoms with E-state index >= 15 is 0 Å². The second-order valence-electron chi connectivity index (χ2n) is 8.02. The van der Waals surface area contributed by atoms with Gasteiger partial charge in [0.15, 0.2) is 0 Å². The first-order chi connectivity index (χ1) is 12.2. The summed E-state index contributed by atoms with van der Waals surface area (Å²) >= 11 is 0. The monoisotopic (exact) mass is 352 g/mol. The van der Waals surface area contributed by atoms with E-state index in [1.54, 1.807) is 0 Å². The smallest absolute Gasteiger partial charge is 0.234 e. The van der Waals surface area contributed by atoms with E-state index in [0.717, 1.165) is 45.9 Å². The fourth-order valence-corrected chi connectivity index (χ4v) is 4.81. The normalized spacial score (nSPS) is 28.6. The second kappa shape index (κ2) is 9.31. The van der Waals surface area contributed by atoms with E-state index in [-0.39, 0.29) is 11.4 Å². The van der Waals surface area contributed by atoms with Crippen LogP contribution in [0.5, 0.6) is 0 Å². The molecule has 0 aromatic rings. The van der Waals surface area contributed by atoms with E-state index in [2.05, 4.69) is 20.4 Å².